The molecule has 2 rings (SSSR count). The summed E-state index contributed by atoms with van der Waals surface area (Å²) >= 11 is 0. The maximum absolute atomic E-state index is 11.5. The molecule has 2 unspecified atom stereocenters. The van der Waals surface area contributed by atoms with Gasteiger partial charge in [0.15, 0.2) is 6.04 Å². The zero-order valence-corrected chi connectivity index (χ0v) is 9.10. The van der Waals surface area contributed by atoms with E-state index in [9.17, 15) is 9.90 Å². The number of aromatic nitrogens is 2. The Bertz CT molecular complexity index is 422. The molecule has 0 saturated heterocycles. The highest BCUT2D eigenvalue weighted by atomic mass is 16.5. The van der Waals surface area contributed by atoms with Gasteiger partial charge in [-0.3, -0.25) is 0 Å². The first kappa shape index (κ1) is 10.8. The molecule has 0 bridgehead atoms. The second kappa shape index (κ2) is 4.05. The average molecular weight is 223 g/mol. The number of aryl methyl sites for hydroxylation is 1. The second-order valence-corrected chi connectivity index (χ2v) is 3.54. The van der Waals surface area contributed by atoms with Crippen molar-refractivity contribution in [2.45, 2.75) is 26.0 Å². The molecule has 86 valence electrons. The van der Waals surface area contributed by atoms with Crippen LogP contribution in [0, 0.1) is 6.92 Å². The molecule has 6 nitrogen and oxygen atoms in total. The molecule has 1 aromatic heterocycles. The van der Waals surface area contributed by atoms with Crippen LogP contribution < -0.4 is 5.32 Å². The lowest BCUT2D eigenvalue weighted by Crippen LogP contribution is -2.32. The van der Waals surface area contributed by atoms with Crippen LogP contribution in [0.5, 0.6) is 0 Å². The fourth-order valence-corrected chi connectivity index (χ4v) is 1.77. The van der Waals surface area contributed by atoms with Gasteiger partial charge in [0.25, 0.3) is 0 Å². The number of fused-ring (bicyclic) bond motifs is 1. The Morgan fingerprint density at radius 3 is 3.00 bits per heavy atom. The highest BCUT2D eigenvalue weighted by molar-refractivity contribution is 5.83. The number of aliphatic hydroxyl groups is 1. The van der Waals surface area contributed by atoms with E-state index in [4.69, 9.17) is 4.74 Å². The number of carbonyl (C=O) groups is 1. The molecule has 1 aliphatic heterocycles. The van der Waals surface area contributed by atoms with Gasteiger partial charge in [-0.25, -0.2) is 14.8 Å². The van der Waals surface area contributed by atoms with Crippen molar-refractivity contribution in [3.05, 3.63) is 17.6 Å². The lowest BCUT2D eigenvalue weighted by Gasteiger charge is -2.13. The molecular formula is C10H13N3O3. The van der Waals surface area contributed by atoms with Gasteiger partial charge in [-0.2, -0.15) is 0 Å². The smallest absolute Gasteiger partial charge is 0.331 e. The third-order valence-corrected chi connectivity index (χ3v) is 2.53. The molecule has 0 amide bonds. The molecular weight excluding hydrogens is 210 g/mol. The minimum Gasteiger partial charge on any atom is -0.464 e. The molecule has 2 heterocycles. The van der Waals surface area contributed by atoms with E-state index >= 15 is 0 Å². The minimum atomic E-state index is -0.949. The first-order valence-corrected chi connectivity index (χ1v) is 5.08. The van der Waals surface area contributed by atoms with Gasteiger partial charge in [-0.05, 0) is 13.8 Å². The number of rotatable bonds is 2. The van der Waals surface area contributed by atoms with Gasteiger partial charge in [0.1, 0.15) is 18.2 Å². The van der Waals surface area contributed by atoms with E-state index < -0.39 is 18.1 Å². The van der Waals surface area contributed by atoms with Gasteiger partial charge >= 0.3 is 5.97 Å². The first-order valence-electron chi connectivity index (χ1n) is 5.08. The molecule has 6 heteroatoms. The van der Waals surface area contributed by atoms with Crippen LogP contribution in [-0.4, -0.2) is 33.7 Å². The molecule has 2 atom stereocenters. The van der Waals surface area contributed by atoms with Crippen molar-refractivity contribution in [3.8, 4) is 0 Å². The van der Waals surface area contributed by atoms with Crippen LogP contribution in [0.2, 0.25) is 0 Å². The summed E-state index contributed by atoms with van der Waals surface area (Å²) in [5.41, 5.74) is 1.23. The Morgan fingerprint density at radius 1 is 1.62 bits per heavy atom. The zero-order valence-electron chi connectivity index (χ0n) is 9.10. The van der Waals surface area contributed by atoms with E-state index in [1.165, 1.54) is 6.33 Å². The summed E-state index contributed by atoms with van der Waals surface area (Å²) in [4.78, 5) is 19.5. The van der Waals surface area contributed by atoms with Gasteiger partial charge in [-0.15, -0.1) is 0 Å². The van der Waals surface area contributed by atoms with Crippen LogP contribution >= 0.6 is 0 Å². The van der Waals surface area contributed by atoms with Gasteiger partial charge in [-0.1, -0.05) is 0 Å². The maximum atomic E-state index is 11.5. The number of hydrogen-bond acceptors (Lipinski definition) is 6. The van der Waals surface area contributed by atoms with Gasteiger partial charge in [0.05, 0.1) is 6.61 Å². The second-order valence-electron chi connectivity index (χ2n) is 3.54. The van der Waals surface area contributed by atoms with E-state index in [2.05, 4.69) is 15.3 Å². The van der Waals surface area contributed by atoms with Crippen molar-refractivity contribution >= 4 is 11.8 Å². The van der Waals surface area contributed by atoms with Crippen LogP contribution in [-0.2, 0) is 9.53 Å². The number of nitrogens with zero attached hydrogens (tertiary/aromatic N) is 2. The van der Waals surface area contributed by atoms with Gasteiger partial charge in [0, 0.05) is 11.3 Å². The van der Waals surface area contributed by atoms with E-state index in [1.54, 1.807) is 13.8 Å². The monoisotopic (exact) mass is 223 g/mol. The topological polar surface area (TPSA) is 84.3 Å². The van der Waals surface area contributed by atoms with Crippen molar-refractivity contribution in [1.82, 2.24) is 9.97 Å². The Kier molecular flexibility index (Phi) is 2.74. The Labute approximate surface area is 92.7 Å². The largest absolute Gasteiger partial charge is 0.464 e. The normalized spacial score (nSPS) is 22.4. The van der Waals surface area contributed by atoms with Crippen LogP contribution in [0.1, 0.15) is 24.3 Å². The maximum Gasteiger partial charge on any atom is 0.331 e. The number of ether oxygens (including phenoxy) is 1. The summed E-state index contributed by atoms with van der Waals surface area (Å²) in [5, 5.41) is 12.8. The van der Waals surface area contributed by atoms with Crippen molar-refractivity contribution in [1.29, 1.82) is 0 Å². The Hall–Kier alpha value is -1.69. The third kappa shape index (κ3) is 1.61. The van der Waals surface area contributed by atoms with Gasteiger partial charge in [0.2, 0.25) is 0 Å². The number of esters is 1. The molecule has 0 aliphatic carbocycles. The molecule has 1 aliphatic rings. The SMILES string of the molecule is CCOC(=O)C1Nc2ncnc(C)c2C1O. The van der Waals surface area contributed by atoms with Crippen LogP contribution in [0.15, 0.2) is 6.33 Å². The lowest BCUT2D eigenvalue weighted by atomic mass is 10.1. The van der Waals surface area contributed by atoms with E-state index in [0.717, 1.165) is 0 Å². The number of aliphatic hydroxyl groups excluding tert-OH is 1. The van der Waals surface area contributed by atoms with E-state index in [1.807, 2.05) is 0 Å². The lowest BCUT2D eigenvalue weighted by molar-refractivity contribution is -0.146. The highest BCUT2D eigenvalue weighted by Gasteiger charge is 2.39. The molecule has 0 saturated carbocycles. The summed E-state index contributed by atoms with van der Waals surface area (Å²) in [6.07, 6.45) is 0.441. The molecule has 0 radical (unpaired) electrons. The number of anilines is 1. The van der Waals surface area contributed by atoms with Crippen LogP contribution in [0.3, 0.4) is 0 Å². The molecule has 0 spiro atoms. The summed E-state index contributed by atoms with van der Waals surface area (Å²) < 4.78 is 4.86. The summed E-state index contributed by atoms with van der Waals surface area (Å²) in [6.45, 7) is 3.76. The van der Waals surface area contributed by atoms with Crippen LogP contribution in [0.4, 0.5) is 5.82 Å². The minimum absolute atomic E-state index is 0.282. The van der Waals surface area contributed by atoms with Crippen molar-refractivity contribution in [2.75, 3.05) is 11.9 Å². The molecule has 0 fully saturated rings. The van der Waals surface area contributed by atoms with E-state index in [-0.39, 0.29) is 6.61 Å². The summed E-state index contributed by atoms with van der Waals surface area (Å²) in [5.74, 6) is 0.0189. The number of hydrogen-bond donors (Lipinski definition) is 2. The zero-order chi connectivity index (χ0) is 11.7. The predicted octanol–water partition coefficient (Wildman–Crippen LogP) is 0.176. The average Bonchev–Trinajstić information content (AvgIpc) is 2.58. The standard InChI is InChI=1S/C10H13N3O3/c1-3-16-10(15)7-8(14)6-5(2)11-4-12-9(6)13-7/h4,7-8,14H,3H2,1-2H3,(H,11,12,13). The van der Waals surface area contributed by atoms with Gasteiger partial charge < -0.3 is 15.2 Å². The molecule has 2 N–H and O–H groups in total. The highest BCUT2D eigenvalue weighted by Crippen LogP contribution is 2.34. The third-order valence-electron chi connectivity index (χ3n) is 2.53. The Morgan fingerprint density at radius 2 is 2.38 bits per heavy atom. The molecule has 1 aromatic rings. The fraction of sp³-hybridized carbons (Fsp3) is 0.500. The number of nitrogens with one attached hydrogen (secondary N) is 1. The predicted molar refractivity (Wildman–Crippen MR) is 55.8 cm³/mol. The van der Waals surface area contributed by atoms with E-state index in [0.29, 0.717) is 17.1 Å². The van der Waals surface area contributed by atoms with Crippen molar-refractivity contribution < 1.29 is 14.6 Å². The molecule has 16 heavy (non-hydrogen) atoms. The fourth-order valence-electron chi connectivity index (χ4n) is 1.77. The summed E-state index contributed by atoms with van der Waals surface area (Å²) in [7, 11) is 0. The number of carbonyl (C=O) groups excluding carboxylic acids is 1. The van der Waals surface area contributed by atoms with Crippen molar-refractivity contribution in [2.24, 2.45) is 0 Å². The molecule has 0 aromatic carbocycles. The summed E-state index contributed by atoms with van der Waals surface area (Å²) in [6, 6.07) is -0.787. The quantitative estimate of drug-likeness (QED) is 0.695. The van der Waals surface area contributed by atoms with Crippen molar-refractivity contribution in [3.63, 3.8) is 0 Å². The Balaban J connectivity index is 2.27. The first-order chi connectivity index (χ1) is 7.65. The van der Waals surface area contributed by atoms with Crippen LogP contribution in [0.25, 0.3) is 0 Å².